The van der Waals surface area contributed by atoms with Crippen LogP contribution in [0.5, 0.6) is 0 Å². The minimum absolute atomic E-state index is 0.234. The fourth-order valence-electron chi connectivity index (χ4n) is 1.28. The van der Waals surface area contributed by atoms with Gasteiger partial charge in [0.25, 0.3) is 0 Å². The lowest BCUT2D eigenvalue weighted by atomic mass is 9.98. The predicted molar refractivity (Wildman–Crippen MR) is 60.7 cm³/mol. The van der Waals surface area contributed by atoms with Gasteiger partial charge < -0.3 is 10.4 Å². The van der Waals surface area contributed by atoms with E-state index in [-0.39, 0.29) is 11.6 Å². The van der Waals surface area contributed by atoms with Crippen molar-refractivity contribution in [2.24, 2.45) is 7.05 Å². The average Bonchev–Trinajstić information content (AvgIpc) is 2.51. The Morgan fingerprint density at radius 2 is 2.27 bits per heavy atom. The Labute approximate surface area is 91.3 Å². The normalized spacial score (nSPS) is 14.2. The van der Waals surface area contributed by atoms with E-state index in [1.807, 2.05) is 33.3 Å². The third-order valence-electron chi connectivity index (χ3n) is 2.80. The van der Waals surface area contributed by atoms with Crippen molar-refractivity contribution in [3.8, 4) is 0 Å². The molecule has 0 aliphatic heterocycles. The quantitative estimate of drug-likeness (QED) is 0.754. The molecule has 2 N–H and O–H groups in total. The van der Waals surface area contributed by atoms with Crippen LogP contribution in [0.25, 0.3) is 0 Å². The molecular weight excluding hydrogens is 190 g/mol. The molecule has 1 atom stereocenters. The first-order chi connectivity index (χ1) is 6.92. The summed E-state index contributed by atoms with van der Waals surface area (Å²) >= 11 is 0. The smallest absolute Gasteiger partial charge is 0.0688 e. The van der Waals surface area contributed by atoms with Crippen molar-refractivity contribution in [2.45, 2.75) is 38.8 Å². The molecule has 0 amide bonds. The highest BCUT2D eigenvalue weighted by Crippen LogP contribution is 2.08. The van der Waals surface area contributed by atoms with Crippen molar-refractivity contribution in [1.82, 2.24) is 15.1 Å². The third kappa shape index (κ3) is 3.64. The van der Waals surface area contributed by atoms with Crippen LogP contribution in [-0.2, 0) is 13.5 Å². The number of nitrogens with one attached hydrogen (secondary N) is 1. The van der Waals surface area contributed by atoms with Gasteiger partial charge in [-0.15, -0.1) is 0 Å². The summed E-state index contributed by atoms with van der Waals surface area (Å²) in [6.07, 6.45) is 4.46. The molecule has 1 heterocycles. The van der Waals surface area contributed by atoms with E-state index in [4.69, 9.17) is 0 Å². The van der Waals surface area contributed by atoms with Gasteiger partial charge in [-0.25, -0.2) is 0 Å². The standard InChI is InChI=1S/C11H21N3O/c1-9(15)11(2,3)12-6-5-10-7-13-14(4)8-10/h7-9,12,15H,5-6H2,1-4H3. The van der Waals surface area contributed by atoms with Crippen LogP contribution in [0.2, 0.25) is 0 Å². The number of rotatable bonds is 5. The number of aliphatic hydroxyl groups excluding tert-OH is 1. The van der Waals surface area contributed by atoms with Gasteiger partial charge in [0.15, 0.2) is 0 Å². The number of aliphatic hydroxyl groups is 1. The lowest BCUT2D eigenvalue weighted by molar-refractivity contribution is 0.0973. The van der Waals surface area contributed by atoms with Crippen LogP contribution in [0.3, 0.4) is 0 Å². The van der Waals surface area contributed by atoms with Crippen molar-refractivity contribution in [2.75, 3.05) is 6.54 Å². The number of aryl methyl sites for hydroxylation is 1. The molecule has 1 aromatic heterocycles. The van der Waals surface area contributed by atoms with Crippen LogP contribution in [0.1, 0.15) is 26.3 Å². The molecule has 1 unspecified atom stereocenters. The second kappa shape index (κ2) is 4.77. The van der Waals surface area contributed by atoms with E-state index in [2.05, 4.69) is 10.4 Å². The summed E-state index contributed by atoms with van der Waals surface area (Å²) in [5.74, 6) is 0. The van der Waals surface area contributed by atoms with Gasteiger partial charge in [-0.2, -0.15) is 5.10 Å². The van der Waals surface area contributed by atoms with Crippen LogP contribution in [0, 0.1) is 0 Å². The van der Waals surface area contributed by atoms with Gasteiger partial charge in [0, 0.05) is 18.8 Å². The number of hydrogen-bond donors (Lipinski definition) is 2. The molecule has 4 nitrogen and oxygen atoms in total. The molecule has 0 saturated heterocycles. The summed E-state index contributed by atoms with van der Waals surface area (Å²) in [7, 11) is 1.91. The van der Waals surface area contributed by atoms with Gasteiger partial charge in [-0.05, 0) is 39.3 Å². The number of aromatic nitrogens is 2. The molecule has 4 heteroatoms. The van der Waals surface area contributed by atoms with Gasteiger partial charge in [-0.3, -0.25) is 4.68 Å². The Morgan fingerprint density at radius 1 is 1.60 bits per heavy atom. The third-order valence-corrected chi connectivity index (χ3v) is 2.80. The summed E-state index contributed by atoms with van der Waals surface area (Å²) < 4.78 is 1.80. The fourth-order valence-corrected chi connectivity index (χ4v) is 1.28. The van der Waals surface area contributed by atoms with Gasteiger partial charge in [-0.1, -0.05) is 0 Å². The average molecular weight is 211 g/mol. The van der Waals surface area contributed by atoms with Gasteiger partial charge in [0.05, 0.1) is 12.3 Å². The Bertz CT molecular complexity index is 305. The van der Waals surface area contributed by atoms with E-state index in [1.54, 1.807) is 11.6 Å². The largest absolute Gasteiger partial charge is 0.392 e. The van der Waals surface area contributed by atoms with E-state index < -0.39 is 0 Å². The predicted octanol–water partition coefficient (Wildman–Crippen LogP) is 0.712. The zero-order valence-corrected chi connectivity index (χ0v) is 9.99. The molecule has 0 saturated carbocycles. The molecule has 0 aliphatic rings. The first kappa shape index (κ1) is 12.2. The minimum atomic E-state index is -0.355. The van der Waals surface area contributed by atoms with Gasteiger partial charge in [0.2, 0.25) is 0 Å². The molecule has 0 radical (unpaired) electrons. The Balaban J connectivity index is 2.33. The van der Waals surface area contributed by atoms with Crippen LogP contribution in [0.4, 0.5) is 0 Å². The van der Waals surface area contributed by atoms with Crippen molar-refractivity contribution in [3.05, 3.63) is 18.0 Å². The van der Waals surface area contributed by atoms with Gasteiger partial charge in [0.1, 0.15) is 0 Å². The second-order valence-corrected chi connectivity index (χ2v) is 4.60. The van der Waals surface area contributed by atoms with Crippen molar-refractivity contribution < 1.29 is 5.11 Å². The molecule has 1 rings (SSSR count). The lowest BCUT2D eigenvalue weighted by Gasteiger charge is -2.29. The molecule has 86 valence electrons. The lowest BCUT2D eigenvalue weighted by Crippen LogP contribution is -2.48. The van der Waals surface area contributed by atoms with E-state index in [1.165, 1.54) is 5.56 Å². The maximum Gasteiger partial charge on any atom is 0.0688 e. The van der Waals surface area contributed by atoms with Gasteiger partial charge >= 0.3 is 0 Å². The molecule has 0 aliphatic carbocycles. The van der Waals surface area contributed by atoms with Crippen molar-refractivity contribution in [1.29, 1.82) is 0 Å². The Hall–Kier alpha value is -0.870. The highest BCUT2D eigenvalue weighted by Gasteiger charge is 2.22. The molecule has 15 heavy (non-hydrogen) atoms. The maximum absolute atomic E-state index is 9.50. The zero-order valence-electron chi connectivity index (χ0n) is 9.99. The highest BCUT2D eigenvalue weighted by molar-refractivity contribution is 5.04. The fraction of sp³-hybridized carbons (Fsp3) is 0.727. The molecule has 0 bridgehead atoms. The minimum Gasteiger partial charge on any atom is -0.392 e. The SMILES string of the molecule is CC(O)C(C)(C)NCCc1cnn(C)c1. The summed E-state index contributed by atoms with van der Waals surface area (Å²) in [5.41, 5.74) is 0.980. The number of hydrogen-bond acceptors (Lipinski definition) is 3. The maximum atomic E-state index is 9.50. The molecule has 0 spiro atoms. The van der Waals surface area contributed by atoms with E-state index in [0.717, 1.165) is 13.0 Å². The van der Waals surface area contributed by atoms with Crippen molar-refractivity contribution in [3.63, 3.8) is 0 Å². The summed E-state index contributed by atoms with van der Waals surface area (Å²) in [5, 5.41) is 16.9. The summed E-state index contributed by atoms with van der Waals surface area (Å²) in [6, 6.07) is 0. The highest BCUT2D eigenvalue weighted by atomic mass is 16.3. The summed E-state index contributed by atoms with van der Waals surface area (Å²) in [6.45, 7) is 6.66. The van der Waals surface area contributed by atoms with Crippen molar-refractivity contribution >= 4 is 0 Å². The summed E-state index contributed by atoms with van der Waals surface area (Å²) in [4.78, 5) is 0. The van der Waals surface area contributed by atoms with E-state index >= 15 is 0 Å². The van der Waals surface area contributed by atoms with Crippen LogP contribution in [0.15, 0.2) is 12.4 Å². The van der Waals surface area contributed by atoms with Crippen LogP contribution < -0.4 is 5.32 Å². The van der Waals surface area contributed by atoms with E-state index in [9.17, 15) is 5.11 Å². The van der Waals surface area contributed by atoms with Crippen LogP contribution in [-0.4, -0.2) is 33.1 Å². The van der Waals surface area contributed by atoms with Crippen LogP contribution >= 0.6 is 0 Å². The topological polar surface area (TPSA) is 50.1 Å². The Morgan fingerprint density at radius 3 is 2.73 bits per heavy atom. The first-order valence-electron chi connectivity index (χ1n) is 5.32. The molecule has 0 fully saturated rings. The molecule has 1 aromatic rings. The second-order valence-electron chi connectivity index (χ2n) is 4.60. The van der Waals surface area contributed by atoms with E-state index in [0.29, 0.717) is 0 Å². The number of nitrogens with zero attached hydrogens (tertiary/aromatic N) is 2. The Kier molecular flexibility index (Phi) is 3.88. The molecule has 0 aromatic carbocycles. The molecular formula is C11H21N3O. The zero-order chi connectivity index (χ0) is 11.5. The monoisotopic (exact) mass is 211 g/mol. The first-order valence-corrected chi connectivity index (χ1v) is 5.32.